The Hall–Kier alpha value is -3.36. The van der Waals surface area contributed by atoms with Crippen molar-refractivity contribution in [1.82, 2.24) is 9.55 Å². The van der Waals surface area contributed by atoms with Gasteiger partial charge in [-0.25, -0.2) is 4.79 Å². The van der Waals surface area contributed by atoms with E-state index in [0.717, 1.165) is 6.42 Å². The lowest BCUT2D eigenvalue weighted by Gasteiger charge is -2.13. The molecule has 0 atom stereocenters. The molecule has 0 spiro atoms. The Bertz CT molecular complexity index is 944. The van der Waals surface area contributed by atoms with E-state index in [1.807, 2.05) is 6.92 Å². The first kappa shape index (κ1) is 20.0. The number of carbonyl (C=O) groups is 2. The number of rotatable bonds is 7. The molecule has 0 fully saturated rings. The van der Waals surface area contributed by atoms with Crippen LogP contribution in [0.3, 0.4) is 0 Å². The van der Waals surface area contributed by atoms with Crippen molar-refractivity contribution >= 4 is 29.0 Å². The summed E-state index contributed by atoms with van der Waals surface area (Å²) < 4.78 is 1.24. The van der Waals surface area contributed by atoms with Gasteiger partial charge < -0.3 is 16.4 Å². The predicted molar refractivity (Wildman–Crippen MR) is 104 cm³/mol. The van der Waals surface area contributed by atoms with Gasteiger partial charge in [0.2, 0.25) is 11.8 Å². The fourth-order valence-electron chi connectivity index (χ4n) is 2.53. The third-order valence-corrected chi connectivity index (χ3v) is 3.88. The molecular formula is C18H23N5O4. The number of hydrogen-bond acceptors (Lipinski definition) is 5. The summed E-state index contributed by atoms with van der Waals surface area (Å²) in [6.07, 6.45) is 1.57. The number of benzene rings is 1. The van der Waals surface area contributed by atoms with Crippen molar-refractivity contribution in [1.29, 1.82) is 0 Å². The number of nitrogens with two attached hydrogens (primary N) is 1. The summed E-state index contributed by atoms with van der Waals surface area (Å²) in [4.78, 5) is 49.4. The first-order valence-electron chi connectivity index (χ1n) is 8.60. The van der Waals surface area contributed by atoms with Crippen LogP contribution in [-0.2, 0) is 22.6 Å². The van der Waals surface area contributed by atoms with Crippen molar-refractivity contribution in [3.05, 3.63) is 50.7 Å². The van der Waals surface area contributed by atoms with Crippen LogP contribution in [-0.4, -0.2) is 21.4 Å². The standard InChI is InChI=1S/C18H23N5O4/c1-3-4-9-23-16(19)15(17(26)22-18(23)27)21-14(25)10-12-5-7-13(8-6-12)20-11(2)24/h5-8H,3-4,9-10,19H2,1-2H3,(H,20,24)(H,21,25)(H,22,26,27). The van der Waals surface area contributed by atoms with Gasteiger partial charge in [0.1, 0.15) is 11.5 Å². The smallest absolute Gasteiger partial charge is 0.330 e. The molecule has 2 aromatic rings. The third-order valence-electron chi connectivity index (χ3n) is 3.88. The van der Waals surface area contributed by atoms with Gasteiger partial charge in [0.15, 0.2) is 0 Å². The van der Waals surface area contributed by atoms with Gasteiger partial charge in [-0.2, -0.15) is 0 Å². The molecule has 2 rings (SSSR count). The lowest BCUT2D eigenvalue weighted by atomic mass is 10.1. The summed E-state index contributed by atoms with van der Waals surface area (Å²) in [7, 11) is 0. The maximum atomic E-state index is 12.3. The maximum Gasteiger partial charge on any atom is 0.330 e. The van der Waals surface area contributed by atoms with Gasteiger partial charge in [0, 0.05) is 19.2 Å². The van der Waals surface area contributed by atoms with Crippen LogP contribution in [0.2, 0.25) is 0 Å². The molecular weight excluding hydrogens is 350 g/mol. The molecule has 0 saturated heterocycles. The lowest BCUT2D eigenvalue weighted by Crippen LogP contribution is -2.35. The number of aromatic nitrogens is 2. The zero-order chi connectivity index (χ0) is 20.0. The molecule has 0 bridgehead atoms. The lowest BCUT2D eigenvalue weighted by molar-refractivity contribution is -0.116. The molecule has 1 aromatic carbocycles. The number of anilines is 3. The first-order chi connectivity index (χ1) is 12.8. The van der Waals surface area contributed by atoms with Gasteiger partial charge >= 0.3 is 5.69 Å². The van der Waals surface area contributed by atoms with Gasteiger partial charge in [-0.3, -0.25) is 23.9 Å². The zero-order valence-electron chi connectivity index (χ0n) is 15.3. The Kier molecular flexibility index (Phi) is 6.53. The minimum Gasteiger partial charge on any atom is -0.383 e. The van der Waals surface area contributed by atoms with Crippen molar-refractivity contribution in [2.24, 2.45) is 0 Å². The highest BCUT2D eigenvalue weighted by atomic mass is 16.2. The Morgan fingerprint density at radius 2 is 1.81 bits per heavy atom. The van der Waals surface area contributed by atoms with E-state index in [0.29, 0.717) is 24.2 Å². The molecule has 5 N–H and O–H groups in total. The minimum absolute atomic E-state index is 0.00726. The van der Waals surface area contributed by atoms with Crippen molar-refractivity contribution in [2.45, 2.75) is 39.7 Å². The molecule has 9 nitrogen and oxygen atoms in total. The van der Waals surface area contributed by atoms with Crippen molar-refractivity contribution in [3.8, 4) is 0 Å². The number of H-pyrrole nitrogens is 1. The number of nitrogen functional groups attached to an aromatic ring is 1. The van der Waals surface area contributed by atoms with Gasteiger partial charge in [-0.1, -0.05) is 25.5 Å². The fraction of sp³-hybridized carbons (Fsp3) is 0.333. The maximum absolute atomic E-state index is 12.3. The number of unbranched alkanes of at least 4 members (excludes halogenated alkanes) is 1. The highest BCUT2D eigenvalue weighted by Crippen LogP contribution is 2.13. The van der Waals surface area contributed by atoms with Crippen molar-refractivity contribution in [2.75, 3.05) is 16.4 Å². The Morgan fingerprint density at radius 3 is 2.41 bits per heavy atom. The average Bonchev–Trinajstić information content (AvgIpc) is 2.60. The highest BCUT2D eigenvalue weighted by Gasteiger charge is 2.15. The van der Waals surface area contributed by atoms with E-state index >= 15 is 0 Å². The first-order valence-corrected chi connectivity index (χ1v) is 8.60. The molecule has 9 heteroatoms. The van der Waals surface area contributed by atoms with Crippen LogP contribution in [0, 0.1) is 0 Å². The second-order valence-corrected chi connectivity index (χ2v) is 6.13. The normalized spacial score (nSPS) is 10.4. The summed E-state index contributed by atoms with van der Waals surface area (Å²) in [5, 5.41) is 5.12. The summed E-state index contributed by atoms with van der Waals surface area (Å²) in [5.41, 5.74) is 5.76. The van der Waals surface area contributed by atoms with E-state index in [4.69, 9.17) is 5.73 Å². The SMILES string of the molecule is CCCCn1c(N)c(NC(=O)Cc2ccc(NC(C)=O)cc2)c(=O)[nH]c1=O. The second kappa shape index (κ2) is 8.84. The largest absolute Gasteiger partial charge is 0.383 e. The van der Waals surface area contributed by atoms with Gasteiger partial charge in [0.25, 0.3) is 5.56 Å². The summed E-state index contributed by atoms with van der Waals surface area (Å²) in [5.74, 6) is -0.694. The Morgan fingerprint density at radius 1 is 1.15 bits per heavy atom. The molecule has 0 radical (unpaired) electrons. The number of nitrogens with one attached hydrogen (secondary N) is 3. The summed E-state index contributed by atoms with van der Waals surface area (Å²) >= 11 is 0. The number of carbonyl (C=O) groups excluding carboxylic acids is 2. The molecule has 144 valence electrons. The monoisotopic (exact) mass is 373 g/mol. The average molecular weight is 373 g/mol. The van der Waals surface area contributed by atoms with Crippen LogP contribution in [0.5, 0.6) is 0 Å². The molecule has 27 heavy (non-hydrogen) atoms. The number of hydrogen-bond donors (Lipinski definition) is 4. The topological polar surface area (TPSA) is 139 Å². The Balaban J connectivity index is 2.14. The summed E-state index contributed by atoms with van der Waals surface area (Å²) in [6, 6.07) is 6.74. The Labute approximate surface area is 155 Å². The summed E-state index contributed by atoms with van der Waals surface area (Å²) in [6.45, 7) is 3.72. The van der Waals surface area contributed by atoms with Crippen molar-refractivity contribution in [3.63, 3.8) is 0 Å². The number of nitrogens with zero attached hydrogens (tertiary/aromatic N) is 1. The molecule has 0 saturated carbocycles. The predicted octanol–water partition coefficient (Wildman–Crippen LogP) is 1.06. The quantitative estimate of drug-likeness (QED) is 0.575. The molecule has 1 heterocycles. The van der Waals surface area contributed by atoms with E-state index in [9.17, 15) is 19.2 Å². The van der Waals surface area contributed by atoms with E-state index in [1.165, 1.54) is 11.5 Å². The minimum atomic E-state index is -0.736. The van der Waals surface area contributed by atoms with E-state index in [2.05, 4.69) is 15.6 Å². The van der Waals surface area contributed by atoms with Crippen LogP contribution in [0.25, 0.3) is 0 Å². The van der Waals surface area contributed by atoms with Crippen LogP contribution in [0.4, 0.5) is 17.2 Å². The van der Waals surface area contributed by atoms with Crippen molar-refractivity contribution < 1.29 is 9.59 Å². The zero-order valence-corrected chi connectivity index (χ0v) is 15.3. The van der Waals surface area contributed by atoms with Crippen LogP contribution in [0.1, 0.15) is 32.3 Å². The van der Waals surface area contributed by atoms with Gasteiger partial charge in [-0.15, -0.1) is 0 Å². The molecule has 0 aliphatic heterocycles. The number of aromatic amines is 1. The third kappa shape index (κ3) is 5.30. The molecule has 0 aliphatic carbocycles. The van der Waals surface area contributed by atoms with Gasteiger partial charge in [0.05, 0.1) is 6.42 Å². The van der Waals surface area contributed by atoms with Crippen LogP contribution < -0.4 is 27.6 Å². The molecule has 0 aliphatic rings. The van der Waals surface area contributed by atoms with Crippen LogP contribution >= 0.6 is 0 Å². The van der Waals surface area contributed by atoms with Crippen LogP contribution in [0.15, 0.2) is 33.9 Å². The van der Waals surface area contributed by atoms with E-state index < -0.39 is 17.2 Å². The molecule has 1 aromatic heterocycles. The second-order valence-electron chi connectivity index (χ2n) is 6.13. The van der Waals surface area contributed by atoms with E-state index in [-0.39, 0.29) is 23.8 Å². The van der Waals surface area contributed by atoms with Gasteiger partial charge in [-0.05, 0) is 24.1 Å². The number of amides is 2. The molecule has 2 amide bonds. The van der Waals surface area contributed by atoms with E-state index in [1.54, 1.807) is 24.3 Å². The molecule has 0 unspecified atom stereocenters. The fourth-order valence-corrected chi connectivity index (χ4v) is 2.53. The highest BCUT2D eigenvalue weighted by molar-refractivity contribution is 5.94.